The Hall–Kier alpha value is -3.44. The van der Waals surface area contributed by atoms with Crippen LogP contribution in [0.25, 0.3) is 0 Å². The molecule has 1 aliphatic heterocycles. The maximum atomic E-state index is 12.8. The molecule has 0 radical (unpaired) electrons. The molecule has 0 spiro atoms. The van der Waals surface area contributed by atoms with Gasteiger partial charge < -0.3 is 20.3 Å². The number of thioether (sulfide) groups is 1. The normalized spacial score (nSPS) is 13.6. The number of hydrogen-bond acceptors (Lipinski definition) is 8. The van der Waals surface area contributed by atoms with Gasteiger partial charge in [0, 0.05) is 31.4 Å². The van der Waals surface area contributed by atoms with Crippen molar-refractivity contribution in [3.8, 4) is 0 Å². The van der Waals surface area contributed by atoms with Crippen molar-refractivity contribution in [2.75, 3.05) is 47.6 Å². The van der Waals surface area contributed by atoms with Crippen molar-refractivity contribution in [2.24, 2.45) is 7.05 Å². The molecular weight excluding hydrogens is 430 g/mol. The van der Waals surface area contributed by atoms with Crippen LogP contribution in [0, 0.1) is 0 Å². The Morgan fingerprint density at radius 3 is 2.53 bits per heavy atom. The van der Waals surface area contributed by atoms with Crippen LogP contribution < -0.4 is 15.5 Å². The number of morpholine rings is 1. The molecule has 0 saturated carbocycles. The number of tetrazole rings is 1. The Balaban J connectivity index is 1.34. The Morgan fingerprint density at radius 2 is 1.81 bits per heavy atom. The maximum absolute atomic E-state index is 12.8. The third-order valence-corrected chi connectivity index (χ3v) is 5.86. The average Bonchev–Trinajstić information content (AvgIpc) is 3.24. The minimum atomic E-state index is -0.214. The average molecular weight is 454 g/mol. The van der Waals surface area contributed by atoms with Gasteiger partial charge >= 0.3 is 0 Å². The number of aromatic nitrogens is 4. The molecular formula is C21H23N7O3S. The highest BCUT2D eigenvalue weighted by atomic mass is 32.2. The van der Waals surface area contributed by atoms with Gasteiger partial charge in [0.1, 0.15) is 0 Å². The summed E-state index contributed by atoms with van der Waals surface area (Å²) in [4.78, 5) is 27.1. The van der Waals surface area contributed by atoms with Gasteiger partial charge in [-0.05, 0) is 46.8 Å². The molecule has 32 heavy (non-hydrogen) atoms. The molecule has 2 amide bonds. The van der Waals surface area contributed by atoms with Crippen molar-refractivity contribution >= 4 is 40.6 Å². The van der Waals surface area contributed by atoms with E-state index in [1.807, 2.05) is 24.3 Å². The van der Waals surface area contributed by atoms with Crippen molar-refractivity contribution < 1.29 is 14.3 Å². The molecule has 0 atom stereocenters. The summed E-state index contributed by atoms with van der Waals surface area (Å²) in [6, 6.07) is 14.5. The summed E-state index contributed by atoms with van der Waals surface area (Å²) in [5.74, 6) is -0.224. The largest absolute Gasteiger partial charge is 0.378 e. The molecule has 10 nitrogen and oxygen atoms in total. The first-order valence-electron chi connectivity index (χ1n) is 10.1. The third kappa shape index (κ3) is 5.42. The fourth-order valence-corrected chi connectivity index (χ4v) is 3.88. The molecule has 4 rings (SSSR count). The van der Waals surface area contributed by atoms with Crippen LogP contribution in [0.1, 0.15) is 10.4 Å². The van der Waals surface area contributed by atoms with E-state index >= 15 is 0 Å². The van der Waals surface area contributed by atoms with Gasteiger partial charge in [-0.25, -0.2) is 4.68 Å². The topological polar surface area (TPSA) is 114 Å². The molecule has 0 aliphatic carbocycles. The second-order valence-electron chi connectivity index (χ2n) is 7.07. The Morgan fingerprint density at radius 1 is 1.06 bits per heavy atom. The van der Waals surface area contributed by atoms with E-state index in [2.05, 4.69) is 31.1 Å². The number of benzene rings is 2. The number of carbonyl (C=O) groups is 2. The molecule has 1 aliphatic rings. The van der Waals surface area contributed by atoms with Gasteiger partial charge in [0.15, 0.2) is 0 Å². The van der Waals surface area contributed by atoms with Gasteiger partial charge in [-0.3, -0.25) is 9.59 Å². The van der Waals surface area contributed by atoms with Crippen LogP contribution in [-0.4, -0.2) is 64.1 Å². The number of para-hydroxylation sites is 2. The quantitative estimate of drug-likeness (QED) is 0.523. The number of carbonyl (C=O) groups excluding carboxylic acids is 2. The summed E-state index contributed by atoms with van der Waals surface area (Å²) in [6.07, 6.45) is 0. The summed E-state index contributed by atoms with van der Waals surface area (Å²) < 4.78 is 6.92. The minimum absolute atomic E-state index is 0.175. The van der Waals surface area contributed by atoms with E-state index in [9.17, 15) is 9.59 Å². The van der Waals surface area contributed by atoms with Crippen LogP contribution in [0.5, 0.6) is 0 Å². The highest BCUT2D eigenvalue weighted by molar-refractivity contribution is 7.99. The van der Waals surface area contributed by atoms with Gasteiger partial charge in [0.2, 0.25) is 11.1 Å². The monoisotopic (exact) mass is 453 g/mol. The second kappa shape index (κ2) is 10.2. The van der Waals surface area contributed by atoms with Crippen LogP contribution in [0.15, 0.2) is 53.7 Å². The van der Waals surface area contributed by atoms with E-state index in [1.54, 1.807) is 31.3 Å². The van der Waals surface area contributed by atoms with E-state index in [0.717, 1.165) is 24.5 Å². The van der Waals surface area contributed by atoms with E-state index in [1.165, 1.54) is 16.4 Å². The minimum Gasteiger partial charge on any atom is -0.378 e. The van der Waals surface area contributed by atoms with Crippen molar-refractivity contribution in [3.63, 3.8) is 0 Å². The van der Waals surface area contributed by atoms with Crippen LogP contribution in [0.4, 0.5) is 17.1 Å². The lowest BCUT2D eigenvalue weighted by atomic mass is 10.1. The fraction of sp³-hybridized carbons (Fsp3) is 0.286. The third-order valence-electron chi connectivity index (χ3n) is 4.85. The molecule has 3 aromatic rings. The Bertz CT molecular complexity index is 1080. The van der Waals surface area contributed by atoms with Crippen LogP contribution in [0.3, 0.4) is 0 Å². The summed E-state index contributed by atoms with van der Waals surface area (Å²) in [5.41, 5.74) is 2.84. The molecule has 0 unspecified atom stereocenters. The highest BCUT2D eigenvalue weighted by Gasteiger charge is 2.16. The molecule has 166 valence electrons. The Kier molecular flexibility index (Phi) is 6.97. The van der Waals surface area contributed by atoms with Gasteiger partial charge in [-0.2, -0.15) is 0 Å². The number of anilines is 3. The molecule has 2 aromatic carbocycles. The van der Waals surface area contributed by atoms with Crippen LogP contribution in [0.2, 0.25) is 0 Å². The Labute approximate surface area is 189 Å². The van der Waals surface area contributed by atoms with Gasteiger partial charge in [-0.15, -0.1) is 5.10 Å². The number of nitrogens with one attached hydrogen (secondary N) is 2. The summed E-state index contributed by atoms with van der Waals surface area (Å²) in [5, 5.41) is 17.4. The molecule has 1 saturated heterocycles. The number of rotatable bonds is 7. The van der Waals surface area contributed by atoms with E-state index in [4.69, 9.17) is 4.74 Å². The maximum Gasteiger partial charge on any atom is 0.255 e. The van der Waals surface area contributed by atoms with Crippen molar-refractivity contribution in [3.05, 3.63) is 54.1 Å². The van der Waals surface area contributed by atoms with Gasteiger partial charge in [-0.1, -0.05) is 23.9 Å². The molecule has 2 heterocycles. The predicted molar refractivity (Wildman–Crippen MR) is 122 cm³/mol. The number of aryl methyl sites for hydroxylation is 1. The number of nitrogens with zero attached hydrogens (tertiary/aromatic N) is 5. The summed E-state index contributed by atoms with van der Waals surface area (Å²) in [6.45, 7) is 2.91. The first-order chi connectivity index (χ1) is 15.6. The number of hydrogen-bond donors (Lipinski definition) is 2. The van der Waals surface area contributed by atoms with Crippen molar-refractivity contribution in [1.29, 1.82) is 0 Å². The summed E-state index contributed by atoms with van der Waals surface area (Å²) in [7, 11) is 1.71. The smallest absolute Gasteiger partial charge is 0.255 e. The van der Waals surface area contributed by atoms with E-state index in [-0.39, 0.29) is 17.6 Å². The van der Waals surface area contributed by atoms with Crippen molar-refractivity contribution in [1.82, 2.24) is 20.2 Å². The number of amides is 2. The van der Waals surface area contributed by atoms with Crippen molar-refractivity contribution in [2.45, 2.75) is 5.16 Å². The number of ether oxygens (including phenoxy) is 1. The SMILES string of the molecule is Cn1nnnc1SCC(=O)Nc1ccc(C(=O)Nc2ccccc2N2CCOCC2)cc1. The van der Waals surface area contributed by atoms with Gasteiger partial charge in [0.25, 0.3) is 5.91 Å². The zero-order valence-corrected chi connectivity index (χ0v) is 18.3. The lowest BCUT2D eigenvalue weighted by molar-refractivity contribution is -0.113. The van der Waals surface area contributed by atoms with Gasteiger partial charge in [0.05, 0.1) is 30.3 Å². The van der Waals surface area contributed by atoms with E-state index < -0.39 is 0 Å². The molecule has 1 fully saturated rings. The molecule has 0 bridgehead atoms. The zero-order chi connectivity index (χ0) is 22.3. The van der Waals surface area contributed by atoms with E-state index in [0.29, 0.717) is 29.6 Å². The first-order valence-corrected chi connectivity index (χ1v) is 11.1. The molecule has 11 heteroatoms. The standard InChI is InChI=1S/C21H23N7O3S/c1-27-21(24-25-26-27)32-14-19(29)22-16-8-6-15(7-9-16)20(30)23-17-4-2-3-5-18(17)28-10-12-31-13-11-28/h2-9H,10-14H2,1H3,(H,22,29)(H,23,30). The lowest BCUT2D eigenvalue weighted by Gasteiger charge is -2.30. The first kappa shape index (κ1) is 21.8. The highest BCUT2D eigenvalue weighted by Crippen LogP contribution is 2.27. The molecule has 2 N–H and O–H groups in total. The lowest BCUT2D eigenvalue weighted by Crippen LogP contribution is -2.36. The summed E-state index contributed by atoms with van der Waals surface area (Å²) >= 11 is 1.24. The second-order valence-corrected chi connectivity index (χ2v) is 8.01. The molecule has 1 aromatic heterocycles. The van der Waals surface area contributed by atoms with Crippen LogP contribution >= 0.6 is 11.8 Å². The van der Waals surface area contributed by atoms with Crippen LogP contribution in [-0.2, 0) is 16.6 Å². The zero-order valence-electron chi connectivity index (χ0n) is 17.5. The fourth-order valence-electron chi connectivity index (χ4n) is 3.23. The predicted octanol–water partition coefficient (Wildman–Crippen LogP) is 2.03.